The van der Waals surface area contributed by atoms with Crippen LogP contribution < -0.4 is 0 Å². The average Bonchev–Trinajstić information content (AvgIpc) is 2.47. The molecule has 1 aromatic rings. The largest absolute Gasteiger partial charge is 0.462 e. The van der Waals surface area contributed by atoms with Gasteiger partial charge in [0.25, 0.3) is 0 Å². The highest BCUT2D eigenvalue weighted by atomic mass is 16.5. The van der Waals surface area contributed by atoms with Gasteiger partial charge in [-0.2, -0.15) is 0 Å². The Morgan fingerprint density at radius 2 is 1.85 bits per heavy atom. The van der Waals surface area contributed by atoms with E-state index in [0.717, 1.165) is 0 Å². The third-order valence-corrected chi connectivity index (χ3v) is 2.53. The molecule has 0 fully saturated rings. The highest BCUT2D eigenvalue weighted by molar-refractivity contribution is 5.95. The van der Waals surface area contributed by atoms with Crippen LogP contribution in [-0.4, -0.2) is 24.6 Å². The topological polar surface area (TPSA) is 52.6 Å². The second-order valence-corrected chi connectivity index (χ2v) is 4.00. The van der Waals surface area contributed by atoms with Crippen LogP contribution in [-0.2, 0) is 9.47 Å². The molecule has 0 aliphatic rings. The van der Waals surface area contributed by atoms with Crippen molar-refractivity contribution in [1.29, 1.82) is 0 Å². The first-order valence-electron chi connectivity index (χ1n) is 6.52. The molecule has 4 nitrogen and oxygen atoms in total. The van der Waals surface area contributed by atoms with Crippen LogP contribution in [0.15, 0.2) is 24.3 Å². The van der Waals surface area contributed by atoms with E-state index in [1.807, 2.05) is 6.92 Å². The Balaban J connectivity index is 2.85. The molecule has 20 heavy (non-hydrogen) atoms. The fraction of sp³-hybridized carbons (Fsp3) is 0.375. The van der Waals surface area contributed by atoms with Crippen molar-refractivity contribution in [3.63, 3.8) is 0 Å². The molecule has 0 N–H and O–H groups in total. The zero-order valence-electron chi connectivity index (χ0n) is 11.9. The molecular formula is C16H18O4. The number of benzene rings is 1. The SMILES string of the molecule is CC#CC(CC)OC(=O)c1cccc(C(=O)OCC)c1. The van der Waals surface area contributed by atoms with Gasteiger partial charge in [0.2, 0.25) is 0 Å². The van der Waals surface area contributed by atoms with Crippen molar-refractivity contribution in [2.45, 2.75) is 33.3 Å². The predicted molar refractivity (Wildman–Crippen MR) is 75.3 cm³/mol. The van der Waals surface area contributed by atoms with E-state index in [1.54, 1.807) is 32.0 Å². The number of esters is 2. The van der Waals surface area contributed by atoms with Crippen LogP contribution in [0.5, 0.6) is 0 Å². The molecule has 0 aromatic heterocycles. The van der Waals surface area contributed by atoms with Crippen molar-refractivity contribution >= 4 is 11.9 Å². The van der Waals surface area contributed by atoms with E-state index >= 15 is 0 Å². The summed E-state index contributed by atoms with van der Waals surface area (Å²) in [6.07, 6.45) is 0.184. The number of hydrogen-bond acceptors (Lipinski definition) is 4. The maximum absolute atomic E-state index is 12.0. The van der Waals surface area contributed by atoms with Gasteiger partial charge in [-0.15, -0.1) is 5.92 Å². The van der Waals surface area contributed by atoms with Gasteiger partial charge in [0.1, 0.15) is 0 Å². The summed E-state index contributed by atoms with van der Waals surface area (Å²) >= 11 is 0. The van der Waals surface area contributed by atoms with E-state index in [0.29, 0.717) is 17.5 Å². The summed E-state index contributed by atoms with van der Waals surface area (Å²) in [5, 5.41) is 0. The van der Waals surface area contributed by atoms with E-state index < -0.39 is 18.0 Å². The fourth-order valence-electron chi connectivity index (χ4n) is 1.56. The first-order valence-corrected chi connectivity index (χ1v) is 6.52. The van der Waals surface area contributed by atoms with E-state index in [2.05, 4.69) is 11.8 Å². The van der Waals surface area contributed by atoms with Gasteiger partial charge in [-0.3, -0.25) is 0 Å². The van der Waals surface area contributed by atoms with Crippen LogP contribution in [0, 0.1) is 11.8 Å². The minimum absolute atomic E-state index is 0.289. The quantitative estimate of drug-likeness (QED) is 0.612. The van der Waals surface area contributed by atoms with E-state index in [1.165, 1.54) is 6.07 Å². The summed E-state index contributed by atoms with van der Waals surface area (Å²) in [4.78, 5) is 23.6. The van der Waals surface area contributed by atoms with Crippen molar-refractivity contribution in [2.75, 3.05) is 6.61 Å². The molecule has 0 aliphatic carbocycles. The maximum atomic E-state index is 12.0. The second kappa shape index (κ2) is 8.00. The summed E-state index contributed by atoms with van der Waals surface area (Å²) in [6.45, 7) is 5.60. The Hall–Kier alpha value is -2.28. The smallest absolute Gasteiger partial charge is 0.339 e. The average molecular weight is 274 g/mol. The third-order valence-electron chi connectivity index (χ3n) is 2.53. The van der Waals surface area contributed by atoms with Gasteiger partial charge < -0.3 is 9.47 Å². The second-order valence-electron chi connectivity index (χ2n) is 4.00. The summed E-state index contributed by atoms with van der Waals surface area (Å²) in [5.41, 5.74) is 0.642. The fourth-order valence-corrected chi connectivity index (χ4v) is 1.56. The van der Waals surface area contributed by atoms with Crippen LogP contribution in [0.1, 0.15) is 47.9 Å². The molecule has 1 aromatic carbocycles. The van der Waals surface area contributed by atoms with E-state index in [4.69, 9.17) is 9.47 Å². The van der Waals surface area contributed by atoms with Crippen LogP contribution >= 0.6 is 0 Å². The lowest BCUT2D eigenvalue weighted by atomic mass is 10.1. The van der Waals surface area contributed by atoms with Crippen molar-refractivity contribution in [1.82, 2.24) is 0 Å². The summed E-state index contributed by atoms with van der Waals surface area (Å²) in [7, 11) is 0. The summed E-state index contributed by atoms with van der Waals surface area (Å²) in [5.74, 6) is 4.58. The van der Waals surface area contributed by atoms with Crippen LogP contribution in [0.2, 0.25) is 0 Å². The summed E-state index contributed by atoms with van der Waals surface area (Å²) < 4.78 is 10.1. The monoisotopic (exact) mass is 274 g/mol. The van der Waals surface area contributed by atoms with Gasteiger partial charge in [0.05, 0.1) is 17.7 Å². The van der Waals surface area contributed by atoms with Crippen molar-refractivity contribution in [3.8, 4) is 11.8 Å². The molecule has 1 rings (SSSR count). The third kappa shape index (κ3) is 4.43. The molecule has 1 atom stereocenters. The predicted octanol–water partition coefficient (Wildman–Crippen LogP) is 2.82. The molecule has 0 radical (unpaired) electrons. The number of hydrogen-bond donors (Lipinski definition) is 0. The van der Waals surface area contributed by atoms with Gasteiger partial charge in [0.15, 0.2) is 6.10 Å². The molecular weight excluding hydrogens is 256 g/mol. The highest BCUT2D eigenvalue weighted by Crippen LogP contribution is 2.10. The van der Waals surface area contributed by atoms with Crippen LogP contribution in [0.3, 0.4) is 0 Å². The number of ether oxygens (including phenoxy) is 2. The molecule has 4 heteroatoms. The maximum Gasteiger partial charge on any atom is 0.339 e. The van der Waals surface area contributed by atoms with Gasteiger partial charge in [-0.25, -0.2) is 9.59 Å². The van der Waals surface area contributed by atoms with E-state index in [9.17, 15) is 9.59 Å². The highest BCUT2D eigenvalue weighted by Gasteiger charge is 2.15. The van der Waals surface area contributed by atoms with Crippen molar-refractivity contribution in [3.05, 3.63) is 35.4 Å². The molecule has 0 amide bonds. The first-order chi connectivity index (χ1) is 9.62. The zero-order valence-corrected chi connectivity index (χ0v) is 11.9. The molecule has 1 unspecified atom stereocenters. The lowest BCUT2D eigenvalue weighted by molar-refractivity contribution is 0.0404. The Morgan fingerprint density at radius 1 is 1.20 bits per heavy atom. The Morgan fingerprint density at radius 3 is 2.40 bits per heavy atom. The number of carbonyl (C=O) groups excluding carboxylic acids is 2. The number of rotatable bonds is 5. The van der Waals surface area contributed by atoms with Gasteiger partial charge in [-0.1, -0.05) is 18.9 Å². The number of carbonyl (C=O) groups is 2. The van der Waals surface area contributed by atoms with Gasteiger partial charge in [0, 0.05) is 0 Å². The van der Waals surface area contributed by atoms with Gasteiger partial charge >= 0.3 is 11.9 Å². The molecule has 0 aliphatic heterocycles. The molecule has 0 saturated heterocycles. The minimum Gasteiger partial charge on any atom is -0.462 e. The molecule has 0 heterocycles. The lowest BCUT2D eigenvalue weighted by Crippen LogP contribution is -2.16. The van der Waals surface area contributed by atoms with Crippen LogP contribution in [0.4, 0.5) is 0 Å². The molecule has 0 bridgehead atoms. The summed E-state index contributed by atoms with van der Waals surface area (Å²) in [6, 6.07) is 6.27. The Labute approximate surface area is 119 Å². The minimum atomic E-state index is -0.495. The Bertz CT molecular complexity index is 537. The Kier molecular flexibility index (Phi) is 6.31. The van der Waals surface area contributed by atoms with E-state index in [-0.39, 0.29) is 6.61 Å². The van der Waals surface area contributed by atoms with Crippen molar-refractivity contribution in [2.24, 2.45) is 0 Å². The van der Waals surface area contributed by atoms with Gasteiger partial charge in [-0.05, 0) is 38.5 Å². The van der Waals surface area contributed by atoms with Crippen molar-refractivity contribution < 1.29 is 19.1 Å². The molecule has 106 valence electrons. The standard InChI is InChI=1S/C16H18O4/c1-4-8-14(5-2)20-16(18)13-10-7-9-12(11-13)15(17)19-6-3/h7,9-11,14H,5-6H2,1-3H3. The zero-order chi connectivity index (χ0) is 15.0. The van der Waals surface area contributed by atoms with Crippen LogP contribution in [0.25, 0.3) is 0 Å². The first kappa shape index (κ1) is 15.8. The molecule has 0 spiro atoms. The molecule has 0 saturated carbocycles. The lowest BCUT2D eigenvalue weighted by Gasteiger charge is -2.10. The normalized spacial score (nSPS) is 10.9.